The smallest absolute Gasteiger partial charge is 0.124 e. The first-order valence-corrected chi connectivity index (χ1v) is 7.21. The second-order valence-electron chi connectivity index (χ2n) is 5.65. The molecule has 0 radical (unpaired) electrons. The van der Waals surface area contributed by atoms with Crippen LogP contribution in [0.3, 0.4) is 0 Å². The van der Waals surface area contributed by atoms with Gasteiger partial charge >= 0.3 is 0 Å². The van der Waals surface area contributed by atoms with E-state index in [2.05, 4.69) is 29.6 Å². The van der Waals surface area contributed by atoms with Crippen LogP contribution < -0.4 is 10.1 Å². The highest BCUT2D eigenvalue weighted by Gasteiger charge is 2.42. The Morgan fingerprint density at radius 3 is 2.89 bits per heavy atom. The summed E-state index contributed by atoms with van der Waals surface area (Å²) in [7, 11) is 0. The highest BCUT2D eigenvalue weighted by Crippen LogP contribution is 2.46. The van der Waals surface area contributed by atoms with E-state index in [-0.39, 0.29) is 5.60 Å². The summed E-state index contributed by atoms with van der Waals surface area (Å²) in [6.45, 7) is 0.756. The number of nitrogens with one attached hydrogen (secondary N) is 1. The molecule has 3 rings (SSSR count). The molecule has 1 aromatic carbocycles. The Kier molecular flexibility index (Phi) is 3.44. The molecule has 0 aromatic heterocycles. The molecule has 1 saturated carbocycles. The van der Waals surface area contributed by atoms with Gasteiger partial charge in [-0.1, -0.05) is 18.2 Å². The van der Waals surface area contributed by atoms with E-state index in [1.807, 2.05) is 6.07 Å². The predicted octanol–water partition coefficient (Wildman–Crippen LogP) is 3.33. The topological polar surface area (TPSA) is 45.0 Å². The molecule has 3 heteroatoms. The predicted molar refractivity (Wildman–Crippen MR) is 73.9 cm³/mol. The molecule has 1 fully saturated rings. The van der Waals surface area contributed by atoms with Crippen LogP contribution >= 0.6 is 0 Å². The molecule has 0 bridgehead atoms. The molecule has 100 valence electrons. The maximum atomic E-state index is 8.68. The van der Waals surface area contributed by atoms with Gasteiger partial charge in [-0.3, -0.25) is 0 Å². The SMILES string of the molecule is N#CCCNC1CC2(CCCC2)Oc2ccccc21. The molecule has 19 heavy (non-hydrogen) atoms. The Morgan fingerprint density at radius 2 is 2.11 bits per heavy atom. The molecule has 0 amide bonds. The van der Waals surface area contributed by atoms with Crippen molar-refractivity contribution < 1.29 is 4.74 Å². The van der Waals surface area contributed by atoms with Crippen molar-refractivity contribution in [1.82, 2.24) is 5.32 Å². The fraction of sp³-hybridized carbons (Fsp3) is 0.562. The number of hydrogen-bond donors (Lipinski definition) is 1. The summed E-state index contributed by atoms with van der Waals surface area (Å²) in [5.74, 6) is 1.03. The summed E-state index contributed by atoms with van der Waals surface area (Å²) in [6.07, 6.45) is 6.47. The van der Waals surface area contributed by atoms with Crippen LogP contribution in [0.5, 0.6) is 5.75 Å². The molecule has 1 spiro atoms. The van der Waals surface area contributed by atoms with Gasteiger partial charge in [-0.25, -0.2) is 0 Å². The first-order valence-electron chi connectivity index (χ1n) is 7.21. The van der Waals surface area contributed by atoms with Gasteiger partial charge in [0.15, 0.2) is 0 Å². The lowest BCUT2D eigenvalue weighted by Crippen LogP contribution is -2.42. The first-order chi connectivity index (χ1) is 9.33. The van der Waals surface area contributed by atoms with E-state index in [4.69, 9.17) is 10.00 Å². The third-order valence-corrected chi connectivity index (χ3v) is 4.34. The first kappa shape index (κ1) is 12.5. The van der Waals surface area contributed by atoms with E-state index in [0.29, 0.717) is 12.5 Å². The van der Waals surface area contributed by atoms with E-state index in [1.165, 1.54) is 18.4 Å². The lowest BCUT2D eigenvalue weighted by molar-refractivity contribution is 0.0369. The molecule has 1 heterocycles. The normalized spacial score (nSPS) is 23.6. The summed E-state index contributed by atoms with van der Waals surface area (Å²) in [6, 6.07) is 10.8. The number of ether oxygens (including phenoxy) is 1. The zero-order valence-corrected chi connectivity index (χ0v) is 11.2. The number of nitriles is 1. The average Bonchev–Trinajstić information content (AvgIpc) is 2.87. The maximum Gasteiger partial charge on any atom is 0.124 e. The minimum Gasteiger partial charge on any atom is -0.487 e. The maximum absolute atomic E-state index is 8.68. The van der Waals surface area contributed by atoms with Crippen molar-refractivity contribution in [3.05, 3.63) is 29.8 Å². The Hall–Kier alpha value is -1.53. The third kappa shape index (κ3) is 2.46. The molecule has 1 aliphatic heterocycles. The number of nitrogens with zero attached hydrogens (tertiary/aromatic N) is 1. The third-order valence-electron chi connectivity index (χ3n) is 4.34. The Balaban J connectivity index is 1.83. The summed E-state index contributed by atoms with van der Waals surface area (Å²) in [5, 5.41) is 12.2. The van der Waals surface area contributed by atoms with E-state index in [0.717, 1.165) is 31.6 Å². The van der Waals surface area contributed by atoms with Gasteiger partial charge in [0.25, 0.3) is 0 Å². The number of rotatable bonds is 3. The van der Waals surface area contributed by atoms with Crippen molar-refractivity contribution in [3.8, 4) is 11.8 Å². The van der Waals surface area contributed by atoms with Crippen molar-refractivity contribution in [2.75, 3.05) is 6.54 Å². The van der Waals surface area contributed by atoms with Crippen molar-refractivity contribution in [2.24, 2.45) is 0 Å². The summed E-state index contributed by atoms with van der Waals surface area (Å²) >= 11 is 0. The van der Waals surface area contributed by atoms with Crippen LogP contribution in [-0.4, -0.2) is 12.1 Å². The van der Waals surface area contributed by atoms with Crippen LogP contribution in [-0.2, 0) is 0 Å². The standard InChI is InChI=1S/C16H20N2O/c17-10-5-11-18-14-12-16(8-3-4-9-16)19-15-7-2-1-6-13(14)15/h1-2,6-7,14,18H,3-5,8-9,11-12H2. The van der Waals surface area contributed by atoms with E-state index < -0.39 is 0 Å². The summed E-state index contributed by atoms with van der Waals surface area (Å²) < 4.78 is 6.31. The molecule has 2 aliphatic rings. The number of benzene rings is 1. The van der Waals surface area contributed by atoms with Crippen molar-refractivity contribution in [2.45, 2.75) is 50.2 Å². The number of para-hydroxylation sites is 1. The largest absolute Gasteiger partial charge is 0.487 e. The van der Waals surface area contributed by atoms with Gasteiger partial charge in [0.2, 0.25) is 0 Å². The molecule has 1 atom stereocenters. The minimum atomic E-state index is 0.0403. The Bertz CT molecular complexity index is 486. The Morgan fingerprint density at radius 1 is 1.32 bits per heavy atom. The van der Waals surface area contributed by atoms with Crippen LogP contribution in [0.15, 0.2) is 24.3 Å². The molecular formula is C16H20N2O. The fourth-order valence-corrected chi connectivity index (χ4v) is 3.43. The molecule has 0 saturated heterocycles. The van der Waals surface area contributed by atoms with Crippen molar-refractivity contribution in [3.63, 3.8) is 0 Å². The summed E-state index contributed by atoms with van der Waals surface area (Å²) in [4.78, 5) is 0. The van der Waals surface area contributed by atoms with Gasteiger partial charge in [0.05, 0.1) is 6.07 Å². The zero-order valence-electron chi connectivity index (χ0n) is 11.2. The van der Waals surface area contributed by atoms with E-state index >= 15 is 0 Å². The lowest BCUT2D eigenvalue weighted by atomic mass is 9.86. The highest BCUT2D eigenvalue weighted by atomic mass is 16.5. The zero-order chi connectivity index (χ0) is 13.1. The van der Waals surface area contributed by atoms with Crippen LogP contribution in [0.25, 0.3) is 0 Å². The van der Waals surface area contributed by atoms with Crippen LogP contribution in [0.1, 0.15) is 50.1 Å². The van der Waals surface area contributed by atoms with Crippen molar-refractivity contribution in [1.29, 1.82) is 5.26 Å². The second-order valence-corrected chi connectivity index (χ2v) is 5.65. The van der Waals surface area contributed by atoms with Gasteiger partial charge in [0.1, 0.15) is 11.4 Å². The molecule has 1 N–H and O–H groups in total. The van der Waals surface area contributed by atoms with Crippen molar-refractivity contribution >= 4 is 0 Å². The van der Waals surface area contributed by atoms with Gasteiger partial charge in [-0.05, 0) is 31.7 Å². The summed E-state index contributed by atoms with van der Waals surface area (Å²) in [5.41, 5.74) is 1.29. The highest BCUT2D eigenvalue weighted by molar-refractivity contribution is 5.39. The molecule has 3 nitrogen and oxygen atoms in total. The second kappa shape index (κ2) is 5.22. The van der Waals surface area contributed by atoms with Gasteiger partial charge in [-0.2, -0.15) is 5.26 Å². The van der Waals surface area contributed by atoms with Crippen LogP contribution in [0.2, 0.25) is 0 Å². The number of fused-ring (bicyclic) bond motifs is 1. The van der Waals surface area contributed by atoms with Crippen LogP contribution in [0, 0.1) is 11.3 Å². The lowest BCUT2D eigenvalue weighted by Gasteiger charge is -2.40. The van der Waals surface area contributed by atoms with Crippen LogP contribution in [0.4, 0.5) is 0 Å². The van der Waals surface area contributed by atoms with Gasteiger partial charge in [-0.15, -0.1) is 0 Å². The monoisotopic (exact) mass is 256 g/mol. The number of hydrogen-bond acceptors (Lipinski definition) is 3. The molecule has 1 aliphatic carbocycles. The molecule has 1 aromatic rings. The average molecular weight is 256 g/mol. The van der Waals surface area contributed by atoms with Gasteiger partial charge < -0.3 is 10.1 Å². The Labute approximate surface area is 114 Å². The molecule has 1 unspecified atom stereocenters. The minimum absolute atomic E-state index is 0.0403. The van der Waals surface area contributed by atoms with E-state index in [9.17, 15) is 0 Å². The quantitative estimate of drug-likeness (QED) is 0.844. The van der Waals surface area contributed by atoms with Gasteiger partial charge in [0, 0.05) is 31.0 Å². The molecular weight excluding hydrogens is 236 g/mol. The fourth-order valence-electron chi connectivity index (χ4n) is 3.43. The van der Waals surface area contributed by atoms with E-state index in [1.54, 1.807) is 0 Å².